The smallest absolute Gasteiger partial charge is 0.175 e. The number of nitrogens with zero attached hydrogens (tertiary/aromatic N) is 5. The highest BCUT2D eigenvalue weighted by atomic mass is 16.5. The molecule has 2 N–H and O–H groups in total. The quantitative estimate of drug-likeness (QED) is 0.834. The average molecular weight is 236 g/mol. The summed E-state index contributed by atoms with van der Waals surface area (Å²) in [5, 5.41) is 12.1. The van der Waals surface area contributed by atoms with E-state index in [2.05, 4.69) is 15.4 Å². The minimum Gasteiger partial charge on any atom is -0.382 e. The summed E-state index contributed by atoms with van der Waals surface area (Å²) in [6.07, 6.45) is 1.72. The standard InChI is InChI=1S/C10H16N6O/c1-7(6-17-3)16-9(10(11)13-14-16)8-4-5-12-15(8)2/h4-5,7H,6,11H2,1-3H3. The van der Waals surface area contributed by atoms with Crippen LogP contribution in [0.4, 0.5) is 5.82 Å². The molecule has 0 spiro atoms. The number of ether oxygens (including phenoxy) is 1. The molecule has 0 radical (unpaired) electrons. The molecule has 92 valence electrons. The summed E-state index contributed by atoms with van der Waals surface area (Å²) in [6.45, 7) is 2.55. The molecule has 0 fully saturated rings. The van der Waals surface area contributed by atoms with Crippen LogP contribution in [0.2, 0.25) is 0 Å². The fourth-order valence-electron chi connectivity index (χ4n) is 1.78. The minimum atomic E-state index is 0.0645. The Hall–Kier alpha value is -1.89. The number of nitrogen functional groups attached to an aromatic ring is 1. The van der Waals surface area contributed by atoms with Crippen LogP contribution in [0.1, 0.15) is 13.0 Å². The first-order chi connectivity index (χ1) is 8.15. The molecular formula is C10H16N6O. The number of aryl methyl sites for hydroxylation is 1. The summed E-state index contributed by atoms with van der Waals surface area (Å²) in [7, 11) is 3.51. The van der Waals surface area contributed by atoms with Gasteiger partial charge in [-0.3, -0.25) is 4.68 Å². The van der Waals surface area contributed by atoms with Crippen molar-refractivity contribution in [1.82, 2.24) is 24.8 Å². The van der Waals surface area contributed by atoms with Crippen molar-refractivity contribution in [2.24, 2.45) is 7.05 Å². The van der Waals surface area contributed by atoms with E-state index in [1.54, 1.807) is 22.7 Å². The van der Waals surface area contributed by atoms with Crippen LogP contribution in [0.3, 0.4) is 0 Å². The SMILES string of the molecule is COCC(C)n1nnc(N)c1-c1ccnn1C. The zero-order valence-electron chi connectivity index (χ0n) is 10.2. The van der Waals surface area contributed by atoms with Gasteiger partial charge in [-0.15, -0.1) is 5.10 Å². The van der Waals surface area contributed by atoms with Crippen molar-refractivity contribution in [3.8, 4) is 11.4 Å². The van der Waals surface area contributed by atoms with Crippen molar-refractivity contribution in [2.45, 2.75) is 13.0 Å². The minimum absolute atomic E-state index is 0.0645. The van der Waals surface area contributed by atoms with E-state index < -0.39 is 0 Å². The van der Waals surface area contributed by atoms with Crippen molar-refractivity contribution in [1.29, 1.82) is 0 Å². The van der Waals surface area contributed by atoms with Crippen LogP contribution in [0, 0.1) is 0 Å². The van der Waals surface area contributed by atoms with Crippen molar-refractivity contribution in [3.05, 3.63) is 12.3 Å². The Morgan fingerprint density at radius 1 is 1.53 bits per heavy atom. The monoisotopic (exact) mass is 236 g/mol. The molecule has 0 aliphatic heterocycles. The molecular weight excluding hydrogens is 220 g/mol. The van der Waals surface area contributed by atoms with Crippen LogP contribution in [0.5, 0.6) is 0 Å². The highest BCUT2D eigenvalue weighted by Gasteiger charge is 2.19. The van der Waals surface area contributed by atoms with Crippen LogP contribution in [-0.4, -0.2) is 38.5 Å². The van der Waals surface area contributed by atoms with Gasteiger partial charge in [0, 0.05) is 20.4 Å². The van der Waals surface area contributed by atoms with Gasteiger partial charge in [0.1, 0.15) is 5.69 Å². The number of nitrogens with two attached hydrogens (primary N) is 1. The summed E-state index contributed by atoms with van der Waals surface area (Å²) >= 11 is 0. The van der Waals surface area contributed by atoms with E-state index in [0.717, 1.165) is 11.4 Å². The molecule has 2 rings (SSSR count). The first-order valence-corrected chi connectivity index (χ1v) is 5.33. The van der Waals surface area contributed by atoms with E-state index in [9.17, 15) is 0 Å². The number of hydrogen-bond acceptors (Lipinski definition) is 5. The summed E-state index contributed by atoms with van der Waals surface area (Å²) < 4.78 is 8.62. The van der Waals surface area contributed by atoms with Crippen molar-refractivity contribution < 1.29 is 4.74 Å². The summed E-state index contributed by atoms with van der Waals surface area (Å²) in [6, 6.07) is 1.94. The Bertz CT molecular complexity index is 503. The number of rotatable bonds is 4. The van der Waals surface area contributed by atoms with Crippen LogP contribution >= 0.6 is 0 Å². The summed E-state index contributed by atoms with van der Waals surface area (Å²) in [5.74, 6) is 0.400. The molecule has 7 nitrogen and oxygen atoms in total. The normalized spacial score (nSPS) is 12.9. The second-order valence-corrected chi connectivity index (χ2v) is 3.91. The third kappa shape index (κ3) is 2.01. The fraction of sp³-hybridized carbons (Fsp3) is 0.500. The molecule has 1 unspecified atom stereocenters. The third-order valence-electron chi connectivity index (χ3n) is 2.61. The van der Waals surface area contributed by atoms with Gasteiger partial charge in [-0.05, 0) is 13.0 Å². The van der Waals surface area contributed by atoms with E-state index in [-0.39, 0.29) is 6.04 Å². The van der Waals surface area contributed by atoms with Gasteiger partial charge in [0.15, 0.2) is 5.82 Å². The predicted molar refractivity (Wildman–Crippen MR) is 63.2 cm³/mol. The Kier molecular flexibility index (Phi) is 3.10. The molecule has 0 aliphatic rings. The molecule has 2 heterocycles. The van der Waals surface area contributed by atoms with Gasteiger partial charge in [0.2, 0.25) is 0 Å². The Morgan fingerprint density at radius 2 is 2.29 bits per heavy atom. The van der Waals surface area contributed by atoms with Crippen LogP contribution < -0.4 is 5.73 Å². The summed E-state index contributed by atoms with van der Waals surface area (Å²) in [4.78, 5) is 0. The molecule has 1 atom stereocenters. The maximum atomic E-state index is 5.86. The van der Waals surface area contributed by atoms with Crippen LogP contribution in [0.15, 0.2) is 12.3 Å². The highest BCUT2D eigenvalue weighted by Crippen LogP contribution is 2.25. The second kappa shape index (κ2) is 4.54. The van der Waals surface area contributed by atoms with Gasteiger partial charge in [-0.2, -0.15) is 5.10 Å². The summed E-state index contributed by atoms with van der Waals surface area (Å²) in [5.41, 5.74) is 7.52. The molecule has 0 amide bonds. The van der Waals surface area contributed by atoms with Gasteiger partial charge < -0.3 is 10.5 Å². The van der Waals surface area contributed by atoms with Crippen molar-refractivity contribution in [3.63, 3.8) is 0 Å². The van der Waals surface area contributed by atoms with Crippen LogP contribution in [-0.2, 0) is 11.8 Å². The Balaban J connectivity index is 2.46. The second-order valence-electron chi connectivity index (χ2n) is 3.91. The van der Waals surface area contributed by atoms with Gasteiger partial charge in [0.05, 0.1) is 18.3 Å². The molecule has 0 bridgehead atoms. The van der Waals surface area contributed by atoms with Gasteiger partial charge in [0.25, 0.3) is 0 Å². The maximum Gasteiger partial charge on any atom is 0.175 e. The van der Waals surface area contributed by atoms with Gasteiger partial charge in [-0.1, -0.05) is 5.21 Å². The lowest BCUT2D eigenvalue weighted by Crippen LogP contribution is -2.15. The van der Waals surface area contributed by atoms with Crippen LogP contribution in [0.25, 0.3) is 11.4 Å². The first kappa shape index (κ1) is 11.6. The van der Waals surface area contributed by atoms with E-state index >= 15 is 0 Å². The molecule has 7 heteroatoms. The average Bonchev–Trinajstić information content (AvgIpc) is 2.85. The predicted octanol–water partition coefficient (Wildman–Crippen LogP) is 0.468. The van der Waals surface area contributed by atoms with E-state index in [1.807, 2.05) is 20.0 Å². The number of anilines is 1. The maximum absolute atomic E-state index is 5.86. The van der Waals surface area contributed by atoms with E-state index in [4.69, 9.17) is 10.5 Å². The zero-order chi connectivity index (χ0) is 12.4. The molecule has 0 saturated carbocycles. The Morgan fingerprint density at radius 3 is 2.88 bits per heavy atom. The van der Waals surface area contributed by atoms with Crippen molar-refractivity contribution >= 4 is 5.82 Å². The molecule has 2 aromatic heterocycles. The molecule has 17 heavy (non-hydrogen) atoms. The molecule has 0 aliphatic carbocycles. The lowest BCUT2D eigenvalue weighted by molar-refractivity contribution is 0.156. The molecule has 0 aromatic carbocycles. The lowest BCUT2D eigenvalue weighted by atomic mass is 10.2. The Labute approximate surface area is 99.2 Å². The zero-order valence-corrected chi connectivity index (χ0v) is 10.2. The lowest BCUT2D eigenvalue weighted by Gasteiger charge is -2.13. The molecule has 2 aromatic rings. The number of methoxy groups -OCH3 is 1. The van der Waals surface area contributed by atoms with Gasteiger partial charge >= 0.3 is 0 Å². The fourth-order valence-corrected chi connectivity index (χ4v) is 1.78. The van der Waals surface area contributed by atoms with Crippen molar-refractivity contribution in [2.75, 3.05) is 19.5 Å². The van der Waals surface area contributed by atoms with E-state index in [0.29, 0.717) is 12.4 Å². The first-order valence-electron chi connectivity index (χ1n) is 5.33. The topological polar surface area (TPSA) is 83.8 Å². The third-order valence-corrected chi connectivity index (χ3v) is 2.61. The number of hydrogen-bond donors (Lipinski definition) is 1. The largest absolute Gasteiger partial charge is 0.382 e. The van der Waals surface area contributed by atoms with Gasteiger partial charge in [-0.25, -0.2) is 4.68 Å². The highest BCUT2D eigenvalue weighted by molar-refractivity contribution is 5.66. The number of aromatic nitrogens is 5. The molecule has 0 saturated heterocycles. The van der Waals surface area contributed by atoms with E-state index in [1.165, 1.54) is 0 Å².